The second-order valence-corrected chi connectivity index (χ2v) is 4.50. The molecule has 70 valence electrons. The normalized spacial score (nSPS) is 54.5. The van der Waals surface area contributed by atoms with E-state index < -0.39 is 0 Å². The Morgan fingerprint density at radius 1 is 1.33 bits per heavy atom. The molecule has 2 saturated heterocycles. The molecular weight excluding hydrogens is 152 g/mol. The molecule has 0 amide bonds. The van der Waals surface area contributed by atoms with E-state index in [4.69, 9.17) is 4.74 Å². The SMILES string of the molecule is CC(O)C1CC2OC1C(C)C2C. The third-order valence-electron chi connectivity index (χ3n) is 3.81. The zero-order valence-corrected chi connectivity index (χ0v) is 8.03. The van der Waals surface area contributed by atoms with Crippen LogP contribution in [0.3, 0.4) is 0 Å². The topological polar surface area (TPSA) is 29.5 Å². The monoisotopic (exact) mass is 170 g/mol. The Hall–Kier alpha value is -0.0800. The van der Waals surface area contributed by atoms with Gasteiger partial charge in [-0.05, 0) is 25.2 Å². The van der Waals surface area contributed by atoms with Gasteiger partial charge in [-0.3, -0.25) is 0 Å². The standard InChI is InChI=1S/C10H18O2/c1-5-6(2)10-8(7(3)11)4-9(5)12-10/h5-11H,4H2,1-3H3. The molecule has 12 heavy (non-hydrogen) atoms. The molecule has 2 rings (SSSR count). The van der Waals surface area contributed by atoms with Gasteiger partial charge in [-0.2, -0.15) is 0 Å². The quantitative estimate of drug-likeness (QED) is 0.645. The summed E-state index contributed by atoms with van der Waals surface area (Å²) in [6.45, 7) is 6.38. The Morgan fingerprint density at radius 2 is 2.00 bits per heavy atom. The van der Waals surface area contributed by atoms with Gasteiger partial charge in [-0.1, -0.05) is 13.8 Å². The molecule has 0 spiro atoms. The van der Waals surface area contributed by atoms with Crippen molar-refractivity contribution < 1.29 is 9.84 Å². The van der Waals surface area contributed by atoms with Crippen molar-refractivity contribution in [2.24, 2.45) is 17.8 Å². The van der Waals surface area contributed by atoms with Gasteiger partial charge in [-0.25, -0.2) is 0 Å². The van der Waals surface area contributed by atoms with Crippen LogP contribution in [-0.4, -0.2) is 23.4 Å². The maximum atomic E-state index is 9.50. The Balaban J connectivity index is 2.10. The molecule has 6 unspecified atom stereocenters. The highest BCUT2D eigenvalue weighted by Crippen LogP contribution is 2.47. The zero-order chi connectivity index (χ0) is 8.88. The van der Waals surface area contributed by atoms with Crippen molar-refractivity contribution >= 4 is 0 Å². The highest BCUT2D eigenvalue weighted by atomic mass is 16.5. The highest BCUT2D eigenvalue weighted by Gasteiger charge is 2.51. The van der Waals surface area contributed by atoms with Crippen LogP contribution in [0.4, 0.5) is 0 Å². The van der Waals surface area contributed by atoms with Gasteiger partial charge in [0.15, 0.2) is 0 Å². The van der Waals surface area contributed by atoms with Gasteiger partial charge in [-0.15, -0.1) is 0 Å². The summed E-state index contributed by atoms with van der Waals surface area (Å²) in [6.07, 6.45) is 1.61. The first kappa shape index (κ1) is 8.52. The molecule has 0 aromatic rings. The van der Waals surface area contributed by atoms with Gasteiger partial charge in [0.25, 0.3) is 0 Å². The zero-order valence-electron chi connectivity index (χ0n) is 8.03. The van der Waals surface area contributed by atoms with E-state index in [1.54, 1.807) is 0 Å². The summed E-state index contributed by atoms with van der Waals surface area (Å²) in [7, 11) is 0. The number of aliphatic hydroxyl groups is 1. The molecule has 0 aliphatic carbocycles. The van der Waals surface area contributed by atoms with Gasteiger partial charge in [0.05, 0.1) is 18.3 Å². The molecular formula is C10H18O2. The average molecular weight is 170 g/mol. The molecule has 2 aliphatic rings. The summed E-state index contributed by atoms with van der Waals surface area (Å²) in [6, 6.07) is 0. The average Bonchev–Trinajstić information content (AvgIpc) is 2.53. The van der Waals surface area contributed by atoms with Gasteiger partial charge in [0.2, 0.25) is 0 Å². The van der Waals surface area contributed by atoms with Crippen molar-refractivity contribution in [3.63, 3.8) is 0 Å². The summed E-state index contributed by atoms with van der Waals surface area (Å²) in [5.74, 6) is 1.70. The maximum absolute atomic E-state index is 9.50. The van der Waals surface area contributed by atoms with E-state index in [1.165, 1.54) is 0 Å². The molecule has 2 fully saturated rings. The van der Waals surface area contributed by atoms with E-state index in [0.29, 0.717) is 30.0 Å². The summed E-state index contributed by atoms with van der Waals surface area (Å²) >= 11 is 0. The number of aliphatic hydroxyl groups excluding tert-OH is 1. The van der Waals surface area contributed by atoms with Crippen LogP contribution in [0.1, 0.15) is 27.2 Å². The van der Waals surface area contributed by atoms with Crippen molar-refractivity contribution in [1.29, 1.82) is 0 Å². The van der Waals surface area contributed by atoms with Crippen LogP contribution in [0.5, 0.6) is 0 Å². The third kappa shape index (κ3) is 1.01. The number of ether oxygens (including phenoxy) is 1. The molecule has 0 radical (unpaired) electrons. The minimum Gasteiger partial charge on any atom is -0.393 e. The lowest BCUT2D eigenvalue weighted by Gasteiger charge is -2.29. The summed E-state index contributed by atoms with van der Waals surface area (Å²) in [4.78, 5) is 0. The number of rotatable bonds is 1. The minimum atomic E-state index is -0.199. The molecule has 1 N–H and O–H groups in total. The Bertz CT molecular complexity index is 177. The van der Waals surface area contributed by atoms with Crippen molar-refractivity contribution in [3.05, 3.63) is 0 Å². The lowest BCUT2D eigenvalue weighted by molar-refractivity contribution is 0.0353. The van der Waals surface area contributed by atoms with E-state index in [2.05, 4.69) is 13.8 Å². The largest absolute Gasteiger partial charge is 0.393 e. The Kier molecular flexibility index (Phi) is 1.92. The number of hydrogen-bond acceptors (Lipinski definition) is 2. The molecule has 0 saturated carbocycles. The van der Waals surface area contributed by atoms with Crippen molar-refractivity contribution in [2.45, 2.75) is 45.5 Å². The van der Waals surface area contributed by atoms with E-state index >= 15 is 0 Å². The summed E-state index contributed by atoms with van der Waals surface area (Å²) in [5.41, 5.74) is 0. The van der Waals surface area contributed by atoms with Crippen molar-refractivity contribution in [2.75, 3.05) is 0 Å². The fourth-order valence-electron chi connectivity index (χ4n) is 2.72. The predicted octanol–water partition coefficient (Wildman–Crippen LogP) is 1.43. The third-order valence-corrected chi connectivity index (χ3v) is 3.81. The smallest absolute Gasteiger partial charge is 0.0661 e. The number of fused-ring (bicyclic) bond motifs is 2. The summed E-state index contributed by atoms with van der Waals surface area (Å²) < 4.78 is 5.81. The van der Waals surface area contributed by atoms with Crippen molar-refractivity contribution in [3.8, 4) is 0 Å². The highest BCUT2D eigenvalue weighted by molar-refractivity contribution is 4.98. The van der Waals surface area contributed by atoms with E-state index in [0.717, 1.165) is 6.42 Å². The Labute approximate surface area is 73.9 Å². The fraction of sp³-hybridized carbons (Fsp3) is 1.00. The van der Waals surface area contributed by atoms with Crippen LogP contribution in [0.15, 0.2) is 0 Å². The first-order chi connectivity index (χ1) is 5.61. The van der Waals surface area contributed by atoms with Gasteiger partial charge in [0, 0.05) is 5.92 Å². The van der Waals surface area contributed by atoms with E-state index in [1.807, 2.05) is 6.92 Å². The van der Waals surface area contributed by atoms with Crippen LogP contribution in [0.25, 0.3) is 0 Å². The van der Waals surface area contributed by atoms with Crippen LogP contribution >= 0.6 is 0 Å². The molecule has 0 aromatic carbocycles. The van der Waals surface area contributed by atoms with Crippen LogP contribution < -0.4 is 0 Å². The molecule has 2 aliphatic heterocycles. The van der Waals surface area contributed by atoms with Crippen molar-refractivity contribution in [1.82, 2.24) is 0 Å². The number of hydrogen-bond donors (Lipinski definition) is 1. The fourth-order valence-corrected chi connectivity index (χ4v) is 2.72. The molecule has 6 atom stereocenters. The molecule has 2 heteroatoms. The first-order valence-electron chi connectivity index (χ1n) is 4.94. The molecule has 2 nitrogen and oxygen atoms in total. The lowest BCUT2D eigenvalue weighted by Crippen LogP contribution is -2.35. The Morgan fingerprint density at radius 3 is 2.42 bits per heavy atom. The maximum Gasteiger partial charge on any atom is 0.0661 e. The second kappa shape index (κ2) is 2.71. The minimum absolute atomic E-state index is 0.199. The van der Waals surface area contributed by atoms with E-state index in [9.17, 15) is 5.11 Å². The van der Waals surface area contributed by atoms with Crippen LogP contribution in [0.2, 0.25) is 0 Å². The summed E-state index contributed by atoms with van der Waals surface area (Å²) in [5, 5.41) is 9.50. The second-order valence-electron chi connectivity index (χ2n) is 4.50. The molecule has 0 aromatic heterocycles. The lowest BCUT2D eigenvalue weighted by atomic mass is 9.74. The van der Waals surface area contributed by atoms with Gasteiger partial charge >= 0.3 is 0 Å². The first-order valence-corrected chi connectivity index (χ1v) is 4.94. The van der Waals surface area contributed by atoms with Gasteiger partial charge < -0.3 is 9.84 Å². The molecule has 2 heterocycles. The van der Waals surface area contributed by atoms with Crippen LogP contribution in [0, 0.1) is 17.8 Å². The van der Waals surface area contributed by atoms with Gasteiger partial charge in [0.1, 0.15) is 0 Å². The van der Waals surface area contributed by atoms with E-state index in [-0.39, 0.29) is 6.10 Å². The predicted molar refractivity (Wildman–Crippen MR) is 46.8 cm³/mol. The van der Waals surface area contributed by atoms with Crippen LogP contribution in [-0.2, 0) is 4.74 Å². The molecule has 2 bridgehead atoms.